The van der Waals surface area contributed by atoms with Crippen molar-refractivity contribution in [2.24, 2.45) is 0 Å². The molecule has 4 heterocycles. The van der Waals surface area contributed by atoms with Crippen LogP contribution in [0.3, 0.4) is 0 Å². The van der Waals surface area contributed by atoms with Crippen LogP contribution in [0.25, 0.3) is 55.6 Å². The highest BCUT2D eigenvalue weighted by Gasteiger charge is 2.25. The lowest BCUT2D eigenvalue weighted by atomic mass is 9.98. The van der Waals surface area contributed by atoms with Crippen LogP contribution in [0.2, 0.25) is 0 Å². The molecule has 0 amide bonds. The van der Waals surface area contributed by atoms with E-state index in [0.29, 0.717) is 0 Å². The molecule has 0 fully saturated rings. The maximum Gasteiger partial charge on any atom is 0.201 e. The molecule has 0 radical (unpaired) electrons. The Morgan fingerprint density at radius 2 is 1.54 bits per heavy atom. The van der Waals surface area contributed by atoms with E-state index in [2.05, 4.69) is 119 Å². The molecule has 2 aliphatic heterocycles. The highest BCUT2D eigenvalue weighted by molar-refractivity contribution is 6.16. The maximum absolute atomic E-state index is 6.57. The number of furan rings is 2. The fourth-order valence-electron chi connectivity index (χ4n) is 6.46. The first-order chi connectivity index (χ1) is 20.3. The van der Waals surface area contributed by atoms with E-state index in [9.17, 15) is 0 Å². The molecule has 0 aliphatic carbocycles. The van der Waals surface area contributed by atoms with E-state index in [4.69, 9.17) is 8.83 Å². The van der Waals surface area contributed by atoms with Gasteiger partial charge >= 0.3 is 0 Å². The SMILES string of the molecule is C1=Cc2c(oc3c(N(c4ccc5oc6c(c5c4)CNC=C6)c4cc5ccccc5c5ccccc45)cccc23)NC1. The zero-order valence-electron chi connectivity index (χ0n) is 22.1. The van der Waals surface area contributed by atoms with Crippen molar-refractivity contribution in [3.8, 4) is 0 Å². The quantitative estimate of drug-likeness (QED) is 0.222. The number of hydrogen-bond acceptors (Lipinski definition) is 5. The first-order valence-corrected chi connectivity index (χ1v) is 14.0. The highest BCUT2D eigenvalue weighted by Crippen LogP contribution is 2.47. The largest absolute Gasteiger partial charge is 0.456 e. The van der Waals surface area contributed by atoms with Gasteiger partial charge in [-0.3, -0.25) is 0 Å². The Kier molecular flexibility index (Phi) is 4.66. The second-order valence-electron chi connectivity index (χ2n) is 10.6. The Morgan fingerprint density at radius 1 is 0.683 bits per heavy atom. The molecule has 5 aromatic carbocycles. The molecule has 5 heteroatoms. The Bertz CT molecular complexity index is 2230. The van der Waals surface area contributed by atoms with Crippen molar-refractivity contribution < 1.29 is 8.83 Å². The van der Waals surface area contributed by atoms with Crippen molar-refractivity contribution in [3.05, 3.63) is 120 Å². The monoisotopic (exact) mass is 531 g/mol. The van der Waals surface area contributed by atoms with Crippen molar-refractivity contribution >= 4 is 78.6 Å². The van der Waals surface area contributed by atoms with Crippen LogP contribution in [-0.4, -0.2) is 6.54 Å². The number of anilines is 4. The van der Waals surface area contributed by atoms with Crippen LogP contribution in [0.15, 0.2) is 112 Å². The van der Waals surface area contributed by atoms with Crippen molar-refractivity contribution in [1.82, 2.24) is 5.32 Å². The molecule has 0 spiro atoms. The number of fused-ring (bicyclic) bond motifs is 9. The molecule has 41 heavy (non-hydrogen) atoms. The van der Waals surface area contributed by atoms with Gasteiger partial charge in [0.15, 0.2) is 5.58 Å². The first kappa shape index (κ1) is 22.4. The zero-order valence-corrected chi connectivity index (χ0v) is 22.1. The number of benzene rings is 5. The molecule has 0 atom stereocenters. The maximum atomic E-state index is 6.57. The molecule has 0 saturated carbocycles. The van der Waals surface area contributed by atoms with E-state index in [0.717, 1.165) is 69.3 Å². The van der Waals surface area contributed by atoms with Crippen molar-refractivity contribution in [1.29, 1.82) is 0 Å². The molecule has 196 valence electrons. The smallest absolute Gasteiger partial charge is 0.201 e. The predicted molar refractivity (Wildman–Crippen MR) is 169 cm³/mol. The third kappa shape index (κ3) is 3.29. The van der Waals surface area contributed by atoms with E-state index >= 15 is 0 Å². The average Bonchev–Trinajstić information content (AvgIpc) is 3.60. The van der Waals surface area contributed by atoms with Crippen LogP contribution >= 0.6 is 0 Å². The Hall–Kier alpha value is -5.42. The summed E-state index contributed by atoms with van der Waals surface area (Å²) < 4.78 is 12.8. The van der Waals surface area contributed by atoms with E-state index in [1.54, 1.807) is 0 Å². The van der Waals surface area contributed by atoms with Crippen molar-refractivity contribution in [2.45, 2.75) is 6.54 Å². The number of nitrogens with zero attached hydrogens (tertiary/aromatic N) is 1. The molecular weight excluding hydrogens is 506 g/mol. The summed E-state index contributed by atoms with van der Waals surface area (Å²) in [5, 5.41) is 13.8. The molecule has 2 aliphatic rings. The van der Waals surface area contributed by atoms with Gasteiger partial charge in [-0.15, -0.1) is 0 Å². The molecule has 0 unspecified atom stereocenters. The normalized spacial score (nSPS) is 13.9. The van der Waals surface area contributed by atoms with Gasteiger partial charge < -0.3 is 24.4 Å². The summed E-state index contributed by atoms with van der Waals surface area (Å²) in [5.74, 6) is 1.73. The average molecular weight is 532 g/mol. The lowest BCUT2D eigenvalue weighted by Crippen LogP contribution is -2.11. The minimum absolute atomic E-state index is 0.736. The molecule has 0 bridgehead atoms. The van der Waals surface area contributed by atoms with E-state index in [1.165, 1.54) is 27.1 Å². The summed E-state index contributed by atoms with van der Waals surface area (Å²) in [4.78, 5) is 2.35. The molecule has 2 N–H and O–H groups in total. The topological polar surface area (TPSA) is 53.6 Å². The molecule has 2 aromatic heterocycles. The van der Waals surface area contributed by atoms with Crippen molar-refractivity contribution in [2.75, 3.05) is 16.8 Å². The molecule has 5 nitrogen and oxygen atoms in total. The van der Waals surface area contributed by atoms with Gasteiger partial charge in [-0.2, -0.15) is 0 Å². The van der Waals surface area contributed by atoms with Gasteiger partial charge in [-0.05, 0) is 52.6 Å². The highest BCUT2D eigenvalue weighted by atomic mass is 16.4. The minimum atomic E-state index is 0.736. The van der Waals surface area contributed by atoms with Gasteiger partial charge in [0, 0.05) is 52.3 Å². The molecular formula is C36H25N3O2. The van der Waals surface area contributed by atoms with Crippen molar-refractivity contribution in [3.63, 3.8) is 0 Å². The van der Waals surface area contributed by atoms with Gasteiger partial charge in [0.2, 0.25) is 5.88 Å². The number of rotatable bonds is 3. The van der Waals surface area contributed by atoms with E-state index in [1.807, 2.05) is 12.3 Å². The summed E-state index contributed by atoms with van der Waals surface area (Å²) in [5.41, 5.74) is 7.13. The minimum Gasteiger partial charge on any atom is -0.456 e. The molecule has 0 saturated heterocycles. The summed E-state index contributed by atoms with van der Waals surface area (Å²) in [7, 11) is 0. The third-order valence-corrected chi connectivity index (χ3v) is 8.32. The lowest BCUT2D eigenvalue weighted by Gasteiger charge is -2.27. The van der Waals surface area contributed by atoms with Gasteiger partial charge in [-0.25, -0.2) is 0 Å². The summed E-state index contributed by atoms with van der Waals surface area (Å²) in [6.45, 7) is 1.49. The predicted octanol–water partition coefficient (Wildman–Crippen LogP) is 9.47. The molecule has 7 aromatic rings. The zero-order chi connectivity index (χ0) is 26.9. The summed E-state index contributed by atoms with van der Waals surface area (Å²) in [6, 6.07) is 32.5. The third-order valence-electron chi connectivity index (χ3n) is 8.32. The number of hydrogen-bond donors (Lipinski definition) is 2. The summed E-state index contributed by atoms with van der Waals surface area (Å²) in [6.07, 6.45) is 8.24. The Morgan fingerprint density at radius 3 is 2.49 bits per heavy atom. The van der Waals surface area contributed by atoms with Gasteiger partial charge in [-0.1, -0.05) is 72.8 Å². The number of para-hydroxylation sites is 1. The standard InChI is InChI=1S/C36H25N3O2/c1-2-8-24-22(7-1)19-32(26-10-4-3-9-25(24)26)39(23-14-15-33-29(20-23)30-21-37-18-16-34(30)40-33)31-13-5-11-27-28-12-6-17-38-36(28)41-35(27)31/h1-16,18-20,37-38H,17,21H2. The Labute approximate surface area is 236 Å². The number of nitrogens with one attached hydrogen (secondary N) is 2. The van der Waals surface area contributed by atoms with Gasteiger partial charge in [0.1, 0.15) is 11.3 Å². The van der Waals surface area contributed by atoms with Crippen LogP contribution < -0.4 is 15.5 Å². The fourth-order valence-corrected chi connectivity index (χ4v) is 6.46. The molecule has 9 rings (SSSR count). The van der Waals surface area contributed by atoms with Crippen LogP contribution in [0.1, 0.15) is 16.9 Å². The van der Waals surface area contributed by atoms with Gasteiger partial charge in [0.25, 0.3) is 0 Å². The van der Waals surface area contributed by atoms with Gasteiger partial charge in [0.05, 0.1) is 11.4 Å². The fraction of sp³-hybridized carbons (Fsp3) is 0.0556. The first-order valence-electron chi connectivity index (χ1n) is 14.0. The van der Waals surface area contributed by atoms with Crippen LogP contribution in [0.4, 0.5) is 22.9 Å². The van der Waals surface area contributed by atoms with Crippen LogP contribution in [-0.2, 0) is 6.54 Å². The van der Waals surface area contributed by atoms with Crippen LogP contribution in [0, 0.1) is 0 Å². The van der Waals surface area contributed by atoms with E-state index < -0.39 is 0 Å². The second-order valence-corrected chi connectivity index (χ2v) is 10.6. The second kappa shape index (κ2) is 8.54. The summed E-state index contributed by atoms with van der Waals surface area (Å²) >= 11 is 0. The lowest BCUT2D eigenvalue weighted by molar-refractivity contribution is 0.592. The van der Waals surface area contributed by atoms with E-state index in [-0.39, 0.29) is 0 Å². The Balaban J connectivity index is 1.38. The van der Waals surface area contributed by atoms with Crippen LogP contribution in [0.5, 0.6) is 0 Å².